The van der Waals surface area contributed by atoms with Gasteiger partial charge in [0.05, 0.1) is 12.5 Å². The molecule has 0 bridgehead atoms. The highest BCUT2D eigenvalue weighted by Gasteiger charge is 2.30. The molecule has 3 amide bonds. The fourth-order valence-electron chi connectivity index (χ4n) is 2.94. The number of carbonyl (C=O) groups excluding carboxylic acids is 2. The van der Waals surface area contributed by atoms with Crippen molar-refractivity contribution in [1.29, 1.82) is 0 Å². The molecule has 0 aromatic rings. The summed E-state index contributed by atoms with van der Waals surface area (Å²) in [5.41, 5.74) is 0. The smallest absolute Gasteiger partial charge is 0.315 e. The number of aliphatic carboxylic acids is 1. The van der Waals surface area contributed by atoms with Crippen molar-refractivity contribution < 1.29 is 19.5 Å². The van der Waals surface area contributed by atoms with Gasteiger partial charge in [0.1, 0.15) is 0 Å². The third-order valence-electron chi connectivity index (χ3n) is 4.23. The molecular weight excluding hydrogens is 274 g/mol. The lowest BCUT2D eigenvalue weighted by Gasteiger charge is -2.23. The minimum Gasteiger partial charge on any atom is -0.481 e. The Labute approximate surface area is 124 Å². The maximum atomic E-state index is 11.9. The van der Waals surface area contributed by atoms with Gasteiger partial charge >= 0.3 is 12.0 Å². The molecule has 3 N–H and O–H groups in total. The van der Waals surface area contributed by atoms with Crippen LogP contribution < -0.4 is 10.6 Å². The van der Waals surface area contributed by atoms with Gasteiger partial charge in [0.25, 0.3) is 0 Å². The van der Waals surface area contributed by atoms with Crippen LogP contribution in [-0.2, 0) is 9.59 Å². The van der Waals surface area contributed by atoms with Crippen molar-refractivity contribution in [3.05, 3.63) is 0 Å². The van der Waals surface area contributed by atoms with E-state index in [9.17, 15) is 14.4 Å². The highest BCUT2D eigenvalue weighted by Crippen LogP contribution is 2.17. The Bertz CT molecular complexity index is 407. The molecule has 2 rings (SSSR count). The molecule has 1 saturated heterocycles. The number of hydrogen-bond acceptors (Lipinski definition) is 3. The van der Waals surface area contributed by atoms with E-state index < -0.39 is 11.9 Å². The number of nitrogens with one attached hydrogen (secondary N) is 2. The molecule has 1 saturated carbocycles. The van der Waals surface area contributed by atoms with Gasteiger partial charge in [-0.15, -0.1) is 0 Å². The molecule has 1 unspecified atom stereocenters. The largest absolute Gasteiger partial charge is 0.481 e. The van der Waals surface area contributed by atoms with Gasteiger partial charge < -0.3 is 20.6 Å². The second-order valence-electron chi connectivity index (χ2n) is 5.83. The van der Waals surface area contributed by atoms with E-state index in [1.54, 1.807) is 0 Å². The molecular formula is C14H23N3O4. The van der Waals surface area contributed by atoms with E-state index in [0.29, 0.717) is 13.0 Å². The quantitative estimate of drug-likeness (QED) is 0.705. The van der Waals surface area contributed by atoms with Crippen LogP contribution in [0, 0.1) is 5.92 Å². The summed E-state index contributed by atoms with van der Waals surface area (Å²) >= 11 is 0. The topological polar surface area (TPSA) is 98.7 Å². The summed E-state index contributed by atoms with van der Waals surface area (Å²) in [7, 11) is 0. The average molecular weight is 297 g/mol. The Morgan fingerprint density at radius 3 is 2.43 bits per heavy atom. The van der Waals surface area contributed by atoms with E-state index in [-0.39, 0.29) is 31.1 Å². The van der Waals surface area contributed by atoms with E-state index in [4.69, 9.17) is 5.11 Å². The average Bonchev–Trinajstić information content (AvgIpc) is 2.96. The summed E-state index contributed by atoms with van der Waals surface area (Å²) in [6.07, 6.45) is 5.96. The van der Waals surface area contributed by atoms with Crippen molar-refractivity contribution in [2.24, 2.45) is 5.92 Å². The summed E-state index contributed by atoms with van der Waals surface area (Å²) in [5.74, 6) is -1.57. The normalized spacial score (nSPS) is 22.9. The van der Waals surface area contributed by atoms with Crippen molar-refractivity contribution in [2.75, 3.05) is 19.6 Å². The minimum absolute atomic E-state index is 0.0785. The number of rotatable bonds is 4. The van der Waals surface area contributed by atoms with Crippen LogP contribution in [0.5, 0.6) is 0 Å². The van der Waals surface area contributed by atoms with Crippen molar-refractivity contribution >= 4 is 17.9 Å². The third kappa shape index (κ3) is 4.61. The van der Waals surface area contributed by atoms with Gasteiger partial charge in [0.2, 0.25) is 5.91 Å². The molecule has 1 atom stereocenters. The molecule has 118 valence electrons. The summed E-state index contributed by atoms with van der Waals surface area (Å²) in [4.78, 5) is 36.0. The number of likely N-dealkylation sites (tertiary alicyclic amines) is 1. The van der Waals surface area contributed by atoms with Crippen molar-refractivity contribution in [3.8, 4) is 0 Å². The maximum absolute atomic E-state index is 11.9. The van der Waals surface area contributed by atoms with Gasteiger partial charge in [0.15, 0.2) is 0 Å². The van der Waals surface area contributed by atoms with Crippen LogP contribution in [0.2, 0.25) is 0 Å². The Hall–Kier alpha value is -1.79. The van der Waals surface area contributed by atoms with E-state index in [1.165, 1.54) is 11.3 Å². The first-order chi connectivity index (χ1) is 10.1. The molecule has 7 nitrogen and oxygen atoms in total. The van der Waals surface area contributed by atoms with Gasteiger partial charge in [-0.3, -0.25) is 9.59 Å². The fourth-order valence-corrected chi connectivity index (χ4v) is 2.94. The predicted molar refractivity (Wildman–Crippen MR) is 75.7 cm³/mol. The van der Waals surface area contributed by atoms with Crippen LogP contribution >= 0.6 is 0 Å². The summed E-state index contributed by atoms with van der Waals surface area (Å²) < 4.78 is 0. The summed E-state index contributed by atoms with van der Waals surface area (Å²) in [6, 6.07) is -0.110. The molecule has 0 spiro atoms. The SMILES string of the molecule is O=C(NCC(=O)N1CCC(C(=O)O)C1)NC1CCCCC1. The lowest BCUT2D eigenvalue weighted by Crippen LogP contribution is -2.46. The van der Waals surface area contributed by atoms with Crippen LogP contribution in [0.25, 0.3) is 0 Å². The number of carbonyl (C=O) groups is 3. The van der Waals surface area contributed by atoms with E-state index in [1.807, 2.05) is 0 Å². The van der Waals surface area contributed by atoms with E-state index in [0.717, 1.165) is 25.7 Å². The van der Waals surface area contributed by atoms with E-state index >= 15 is 0 Å². The molecule has 1 aliphatic carbocycles. The van der Waals surface area contributed by atoms with Crippen LogP contribution in [0.4, 0.5) is 4.79 Å². The Kier molecular flexibility index (Phi) is 5.41. The second kappa shape index (κ2) is 7.28. The van der Waals surface area contributed by atoms with Crippen molar-refractivity contribution in [1.82, 2.24) is 15.5 Å². The molecule has 0 radical (unpaired) electrons. The first kappa shape index (κ1) is 15.6. The Morgan fingerprint density at radius 2 is 1.81 bits per heavy atom. The minimum atomic E-state index is -0.867. The van der Waals surface area contributed by atoms with Gasteiger partial charge in [0, 0.05) is 19.1 Å². The molecule has 1 aliphatic heterocycles. The molecule has 2 aliphatic rings. The number of nitrogens with zero attached hydrogens (tertiary/aromatic N) is 1. The molecule has 0 aromatic carbocycles. The Morgan fingerprint density at radius 1 is 1.10 bits per heavy atom. The monoisotopic (exact) mass is 297 g/mol. The second-order valence-corrected chi connectivity index (χ2v) is 5.83. The van der Waals surface area contributed by atoms with Crippen molar-refractivity contribution in [3.63, 3.8) is 0 Å². The molecule has 7 heteroatoms. The lowest BCUT2D eigenvalue weighted by atomic mass is 9.96. The summed E-state index contributed by atoms with van der Waals surface area (Å²) in [6.45, 7) is 0.604. The highest BCUT2D eigenvalue weighted by atomic mass is 16.4. The first-order valence-corrected chi connectivity index (χ1v) is 7.61. The van der Waals surface area contributed by atoms with Crippen LogP contribution in [-0.4, -0.2) is 53.6 Å². The van der Waals surface area contributed by atoms with Gasteiger partial charge in [-0.2, -0.15) is 0 Å². The van der Waals surface area contributed by atoms with Gasteiger partial charge in [-0.25, -0.2) is 4.79 Å². The zero-order valence-corrected chi connectivity index (χ0v) is 12.1. The predicted octanol–water partition coefficient (Wildman–Crippen LogP) is 0.551. The number of carboxylic acids is 1. The first-order valence-electron chi connectivity index (χ1n) is 7.61. The fraction of sp³-hybridized carbons (Fsp3) is 0.786. The lowest BCUT2D eigenvalue weighted by molar-refractivity contribution is -0.141. The molecule has 1 heterocycles. The van der Waals surface area contributed by atoms with Crippen molar-refractivity contribution in [2.45, 2.75) is 44.6 Å². The maximum Gasteiger partial charge on any atom is 0.315 e. The third-order valence-corrected chi connectivity index (χ3v) is 4.23. The standard InChI is InChI=1S/C14H23N3O4/c18-12(17-7-6-10(9-17)13(19)20)8-15-14(21)16-11-4-2-1-3-5-11/h10-11H,1-9H2,(H,19,20)(H2,15,16,21). The van der Waals surface area contributed by atoms with Crippen LogP contribution in [0.15, 0.2) is 0 Å². The van der Waals surface area contributed by atoms with Gasteiger partial charge in [-0.05, 0) is 19.3 Å². The van der Waals surface area contributed by atoms with Gasteiger partial charge in [-0.1, -0.05) is 19.3 Å². The summed E-state index contributed by atoms with van der Waals surface area (Å²) in [5, 5.41) is 14.3. The Balaban J connectivity index is 1.66. The number of urea groups is 1. The number of carboxylic acid groups (broad SMARTS) is 1. The zero-order valence-electron chi connectivity index (χ0n) is 12.1. The van der Waals surface area contributed by atoms with Crippen LogP contribution in [0.3, 0.4) is 0 Å². The number of amides is 3. The number of hydrogen-bond donors (Lipinski definition) is 3. The highest BCUT2D eigenvalue weighted by molar-refractivity contribution is 5.85. The molecule has 2 fully saturated rings. The zero-order chi connectivity index (χ0) is 15.2. The van der Waals surface area contributed by atoms with E-state index in [2.05, 4.69) is 10.6 Å². The molecule has 21 heavy (non-hydrogen) atoms. The van der Waals surface area contributed by atoms with Crippen LogP contribution in [0.1, 0.15) is 38.5 Å². The molecule has 0 aromatic heterocycles.